The SMILES string of the molecule is CCCCN(C)CC1COCCC1NC. The van der Waals surface area contributed by atoms with Gasteiger partial charge in [-0.3, -0.25) is 0 Å². The first-order chi connectivity index (χ1) is 7.27. The topological polar surface area (TPSA) is 24.5 Å². The molecule has 0 radical (unpaired) electrons. The molecule has 0 aromatic rings. The van der Waals surface area contributed by atoms with Crippen LogP contribution in [0.3, 0.4) is 0 Å². The lowest BCUT2D eigenvalue weighted by atomic mass is 9.95. The third-order valence-corrected chi connectivity index (χ3v) is 3.28. The lowest BCUT2D eigenvalue weighted by Crippen LogP contribution is -2.46. The molecule has 2 unspecified atom stereocenters. The van der Waals surface area contributed by atoms with E-state index in [2.05, 4.69) is 31.2 Å². The molecule has 2 atom stereocenters. The lowest BCUT2D eigenvalue weighted by molar-refractivity contribution is 0.0216. The number of hydrogen-bond donors (Lipinski definition) is 1. The maximum absolute atomic E-state index is 5.55. The second-order valence-corrected chi connectivity index (χ2v) is 4.63. The normalized spacial score (nSPS) is 27.2. The minimum Gasteiger partial charge on any atom is -0.381 e. The first-order valence-corrected chi connectivity index (χ1v) is 6.21. The second-order valence-electron chi connectivity index (χ2n) is 4.63. The molecule has 0 spiro atoms. The molecule has 0 aromatic heterocycles. The van der Waals surface area contributed by atoms with Gasteiger partial charge >= 0.3 is 0 Å². The first-order valence-electron chi connectivity index (χ1n) is 6.21. The van der Waals surface area contributed by atoms with Crippen molar-refractivity contribution < 1.29 is 4.74 Å². The molecule has 90 valence electrons. The van der Waals surface area contributed by atoms with Crippen LogP contribution < -0.4 is 5.32 Å². The van der Waals surface area contributed by atoms with Crippen LogP contribution in [0, 0.1) is 5.92 Å². The maximum Gasteiger partial charge on any atom is 0.0521 e. The molecule has 0 aromatic carbocycles. The summed E-state index contributed by atoms with van der Waals surface area (Å²) in [7, 11) is 4.28. The quantitative estimate of drug-likeness (QED) is 0.722. The Morgan fingerprint density at radius 1 is 1.47 bits per heavy atom. The monoisotopic (exact) mass is 214 g/mol. The van der Waals surface area contributed by atoms with E-state index in [0.29, 0.717) is 12.0 Å². The summed E-state index contributed by atoms with van der Waals surface area (Å²) in [5.74, 6) is 0.658. The van der Waals surface area contributed by atoms with Crippen LogP contribution >= 0.6 is 0 Å². The smallest absolute Gasteiger partial charge is 0.0521 e. The molecule has 3 heteroatoms. The van der Waals surface area contributed by atoms with Gasteiger partial charge < -0.3 is 15.0 Å². The van der Waals surface area contributed by atoms with Crippen molar-refractivity contribution in [3.05, 3.63) is 0 Å². The van der Waals surface area contributed by atoms with Crippen molar-refractivity contribution in [2.24, 2.45) is 5.92 Å². The fourth-order valence-corrected chi connectivity index (χ4v) is 2.28. The van der Waals surface area contributed by atoms with Gasteiger partial charge in [-0.15, -0.1) is 0 Å². The molecule has 3 nitrogen and oxygen atoms in total. The number of hydrogen-bond acceptors (Lipinski definition) is 3. The zero-order valence-corrected chi connectivity index (χ0v) is 10.5. The Bertz CT molecular complexity index is 164. The molecule has 15 heavy (non-hydrogen) atoms. The molecular weight excluding hydrogens is 188 g/mol. The van der Waals surface area contributed by atoms with E-state index in [1.807, 2.05) is 0 Å². The predicted octanol–water partition coefficient (Wildman–Crippen LogP) is 1.34. The fourth-order valence-electron chi connectivity index (χ4n) is 2.28. The Morgan fingerprint density at radius 2 is 2.27 bits per heavy atom. The number of nitrogens with zero attached hydrogens (tertiary/aromatic N) is 1. The highest BCUT2D eigenvalue weighted by atomic mass is 16.5. The van der Waals surface area contributed by atoms with Crippen LogP contribution in [0.25, 0.3) is 0 Å². The van der Waals surface area contributed by atoms with Crippen molar-refractivity contribution in [2.75, 3.05) is 40.4 Å². The van der Waals surface area contributed by atoms with E-state index in [9.17, 15) is 0 Å². The summed E-state index contributed by atoms with van der Waals surface area (Å²) in [6, 6.07) is 0.642. The number of nitrogens with one attached hydrogen (secondary N) is 1. The molecule has 1 aliphatic rings. The van der Waals surface area contributed by atoms with E-state index in [1.165, 1.54) is 19.4 Å². The molecule has 0 saturated carbocycles. The molecule has 0 aliphatic carbocycles. The van der Waals surface area contributed by atoms with Crippen LogP contribution in [-0.2, 0) is 4.74 Å². The number of unbranched alkanes of at least 4 members (excludes halogenated alkanes) is 1. The van der Waals surface area contributed by atoms with Gasteiger partial charge in [0, 0.05) is 25.1 Å². The van der Waals surface area contributed by atoms with Gasteiger partial charge in [0.2, 0.25) is 0 Å². The largest absolute Gasteiger partial charge is 0.381 e. The summed E-state index contributed by atoms with van der Waals surface area (Å²) in [4.78, 5) is 2.44. The molecule has 1 heterocycles. The second kappa shape index (κ2) is 7.20. The van der Waals surface area contributed by atoms with Gasteiger partial charge in [-0.2, -0.15) is 0 Å². The molecule has 1 N–H and O–H groups in total. The van der Waals surface area contributed by atoms with Gasteiger partial charge in [0.25, 0.3) is 0 Å². The van der Waals surface area contributed by atoms with E-state index in [1.54, 1.807) is 0 Å². The maximum atomic E-state index is 5.55. The fraction of sp³-hybridized carbons (Fsp3) is 1.00. The highest BCUT2D eigenvalue weighted by Crippen LogP contribution is 2.15. The summed E-state index contributed by atoms with van der Waals surface area (Å²) in [6.07, 6.45) is 3.73. The van der Waals surface area contributed by atoms with E-state index in [4.69, 9.17) is 4.74 Å². The average molecular weight is 214 g/mol. The van der Waals surface area contributed by atoms with Gasteiger partial charge in [0.1, 0.15) is 0 Å². The predicted molar refractivity (Wildman–Crippen MR) is 64.2 cm³/mol. The Kier molecular flexibility index (Phi) is 6.22. The summed E-state index contributed by atoms with van der Waals surface area (Å²) in [6.45, 7) is 6.45. The molecule has 1 saturated heterocycles. The lowest BCUT2D eigenvalue weighted by Gasteiger charge is -2.34. The standard InChI is InChI=1S/C12H26N2O/c1-4-5-7-14(3)9-11-10-15-8-6-12(11)13-2/h11-13H,4-10H2,1-3H3. The van der Waals surface area contributed by atoms with E-state index in [-0.39, 0.29) is 0 Å². The van der Waals surface area contributed by atoms with Crippen molar-refractivity contribution >= 4 is 0 Å². The summed E-state index contributed by atoms with van der Waals surface area (Å²) < 4.78 is 5.55. The highest BCUT2D eigenvalue weighted by Gasteiger charge is 2.25. The van der Waals surface area contributed by atoms with Crippen molar-refractivity contribution in [3.8, 4) is 0 Å². The van der Waals surface area contributed by atoms with Crippen molar-refractivity contribution in [2.45, 2.75) is 32.2 Å². The Balaban J connectivity index is 2.27. The minimum absolute atomic E-state index is 0.642. The third-order valence-electron chi connectivity index (χ3n) is 3.28. The Labute approximate surface area is 94.2 Å². The van der Waals surface area contributed by atoms with Gasteiger partial charge in [-0.25, -0.2) is 0 Å². The zero-order valence-electron chi connectivity index (χ0n) is 10.5. The van der Waals surface area contributed by atoms with Crippen molar-refractivity contribution in [3.63, 3.8) is 0 Å². The summed E-state index contributed by atoms with van der Waals surface area (Å²) in [5.41, 5.74) is 0. The minimum atomic E-state index is 0.642. The molecule has 1 rings (SSSR count). The van der Waals surface area contributed by atoms with E-state index < -0.39 is 0 Å². The van der Waals surface area contributed by atoms with Gasteiger partial charge in [0.05, 0.1) is 6.61 Å². The number of rotatable bonds is 6. The molecule has 0 bridgehead atoms. The van der Waals surface area contributed by atoms with E-state index in [0.717, 1.165) is 26.2 Å². The number of ether oxygens (including phenoxy) is 1. The summed E-state index contributed by atoms with van der Waals surface area (Å²) >= 11 is 0. The highest BCUT2D eigenvalue weighted by molar-refractivity contribution is 4.80. The van der Waals surface area contributed by atoms with Crippen LogP contribution in [0.1, 0.15) is 26.2 Å². The molecular formula is C12H26N2O. The zero-order chi connectivity index (χ0) is 11.1. The van der Waals surface area contributed by atoms with Crippen LogP contribution in [0.2, 0.25) is 0 Å². The first kappa shape index (κ1) is 12.9. The summed E-state index contributed by atoms with van der Waals surface area (Å²) in [5, 5.41) is 3.41. The Hall–Kier alpha value is -0.120. The van der Waals surface area contributed by atoms with Crippen LogP contribution in [0.15, 0.2) is 0 Å². The van der Waals surface area contributed by atoms with Gasteiger partial charge in [-0.05, 0) is 33.5 Å². The van der Waals surface area contributed by atoms with Gasteiger partial charge in [-0.1, -0.05) is 13.3 Å². The molecule has 0 amide bonds. The molecule has 1 fully saturated rings. The van der Waals surface area contributed by atoms with Crippen LogP contribution in [0.4, 0.5) is 0 Å². The molecule has 1 aliphatic heterocycles. The third kappa shape index (κ3) is 4.49. The van der Waals surface area contributed by atoms with E-state index >= 15 is 0 Å². The Morgan fingerprint density at radius 3 is 2.93 bits per heavy atom. The van der Waals surface area contributed by atoms with Crippen molar-refractivity contribution in [1.29, 1.82) is 0 Å². The van der Waals surface area contributed by atoms with Crippen molar-refractivity contribution in [1.82, 2.24) is 10.2 Å². The average Bonchev–Trinajstić information content (AvgIpc) is 2.27. The van der Waals surface area contributed by atoms with Crippen LogP contribution in [-0.4, -0.2) is 51.3 Å². The van der Waals surface area contributed by atoms with Gasteiger partial charge in [0.15, 0.2) is 0 Å². The van der Waals surface area contributed by atoms with Crippen LogP contribution in [0.5, 0.6) is 0 Å².